The maximum absolute atomic E-state index is 6.07. The van der Waals surface area contributed by atoms with Crippen LogP contribution in [-0.2, 0) is 14.2 Å². The van der Waals surface area contributed by atoms with E-state index in [-0.39, 0.29) is 17.7 Å². The first kappa shape index (κ1) is 13.4. The maximum atomic E-state index is 6.07. The van der Waals surface area contributed by atoms with Gasteiger partial charge in [0.1, 0.15) is 13.4 Å². The zero-order valence-electron chi connectivity index (χ0n) is 10.3. The van der Waals surface area contributed by atoms with Crippen LogP contribution in [0.15, 0.2) is 0 Å². The average molecular weight is 232 g/mol. The summed E-state index contributed by atoms with van der Waals surface area (Å²) in [5.74, 6) is 0. The molecule has 0 bridgehead atoms. The monoisotopic (exact) mass is 232 g/mol. The Balaban J connectivity index is 2.87. The highest BCUT2D eigenvalue weighted by atomic mass is 32.2. The van der Waals surface area contributed by atoms with Crippen LogP contribution in [0.4, 0.5) is 0 Å². The van der Waals surface area contributed by atoms with Crippen LogP contribution in [0.5, 0.6) is 0 Å². The molecule has 1 fully saturated rings. The lowest BCUT2D eigenvalue weighted by Crippen LogP contribution is -2.52. The highest BCUT2D eigenvalue weighted by Gasteiger charge is 2.51. The number of methoxy groups -OCH3 is 2. The van der Waals surface area contributed by atoms with Gasteiger partial charge in [0.05, 0.1) is 12.7 Å². The smallest absolute Gasteiger partial charge is 0.139 e. The van der Waals surface area contributed by atoms with Crippen LogP contribution in [0.3, 0.4) is 0 Å². The summed E-state index contributed by atoms with van der Waals surface area (Å²) in [5, 5.41) is 0.368. The molecule has 1 aliphatic heterocycles. The van der Waals surface area contributed by atoms with Crippen molar-refractivity contribution in [2.24, 2.45) is 0 Å². The van der Waals surface area contributed by atoms with E-state index in [0.717, 1.165) is 6.42 Å². The molecule has 0 aliphatic carbocycles. The first-order valence-electron chi connectivity index (χ1n) is 5.33. The molecule has 0 radical (unpaired) electrons. The van der Waals surface area contributed by atoms with E-state index in [1.54, 1.807) is 26.0 Å². The molecular weight excluding hydrogens is 211 g/mol. The molecule has 15 heavy (non-hydrogen) atoms. The fourth-order valence-corrected chi connectivity index (χ4v) is 3.00. The van der Waals surface area contributed by atoms with Crippen molar-refractivity contribution in [3.63, 3.8) is 0 Å². The average Bonchev–Trinajstić information content (AvgIpc) is 2.55. The molecule has 0 aromatic heterocycles. The van der Waals surface area contributed by atoms with Crippen LogP contribution in [-0.4, -0.2) is 57.9 Å². The number of hydrogen-bond donors (Lipinski definition) is 0. The van der Waals surface area contributed by atoms with Gasteiger partial charge in [-0.1, -0.05) is 6.92 Å². The number of ether oxygens (including phenoxy) is 3. The number of rotatable bonds is 5. The maximum Gasteiger partial charge on any atom is 0.139 e. The van der Waals surface area contributed by atoms with E-state index in [2.05, 4.69) is 21.0 Å². The van der Waals surface area contributed by atoms with E-state index in [9.17, 15) is 0 Å². The molecule has 1 heterocycles. The van der Waals surface area contributed by atoms with Crippen LogP contribution in [0.2, 0.25) is 0 Å². The quantitative estimate of drug-likeness (QED) is 0.646. The first-order chi connectivity index (χ1) is 7.10. The highest BCUT2D eigenvalue weighted by Crippen LogP contribution is 2.39. The van der Waals surface area contributed by atoms with Crippen LogP contribution in [0.1, 0.15) is 13.3 Å². The Kier molecular flexibility index (Phi) is 4.96. The van der Waals surface area contributed by atoms with Crippen molar-refractivity contribution in [1.29, 1.82) is 0 Å². The Hall–Kier alpha value is 0.295. The standard InChI is InChI=1S/C10H21BO3S/c1-7(15-4)10(6-12-2)8(13-3)5-9(11)14-10/h7-9H,5-6,11H2,1-4H3/t7?,8-,9-,10+/m1/s1. The second kappa shape index (κ2) is 5.57. The third-order valence-corrected chi connectivity index (χ3v) is 4.31. The lowest BCUT2D eigenvalue weighted by Gasteiger charge is -2.37. The van der Waals surface area contributed by atoms with Crippen molar-refractivity contribution in [3.05, 3.63) is 0 Å². The summed E-state index contributed by atoms with van der Waals surface area (Å²) in [6, 6.07) is 0.250. The molecular formula is C10H21BO3S. The molecule has 0 spiro atoms. The third kappa shape index (κ3) is 2.52. The molecule has 0 aromatic rings. The Morgan fingerprint density at radius 3 is 2.73 bits per heavy atom. The van der Waals surface area contributed by atoms with Crippen LogP contribution in [0.25, 0.3) is 0 Å². The van der Waals surface area contributed by atoms with Gasteiger partial charge in [0, 0.05) is 25.5 Å². The molecule has 0 aromatic carbocycles. The molecule has 5 heteroatoms. The van der Waals surface area contributed by atoms with Gasteiger partial charge in [-0.15, -0.1) is 0 Å². The van der Waals surface area contributed by atoms with Gasteiger partial charge in [0.2, 0.25) is 0 Å². The van der Waals surface area contributed by atoms with E-state index in [1.165, 1.54) is 0 Å². The van der Waals surface area contributed by atoms with Gasteiger partial charge in [-0.3, -0.25) is 0 Å². The Morgan fingerprint density at radius 2 is 2.27 bits per heavy atom. The molecule has 88 valence electrons. The molecule has 3 nitrogen and oxygen atoms in total. The summed E-state index contributed by atoms with van der Waals surface area (Å²) in [4.78, 5) is 0. The summed E-state index contributed by atoms with van der Waals surface area (Å²) in [6.45, 7) is 2.77. The lowest BCUT2D eigenvalue weighted by molar-refractivity contribution is -0.113. The van der Waals surface area contributed by atoms with Crippen LogP contribution >= 0.6 is 11.8 Å². The van der Waals surface area contributed by atoms with Crippen LogP contribution in [0, 0.1) is 0 Å². The minimum absolute atomic E-state index is 0.134. The molecule has 0 amide bonds. The van der Waals surface area contributed by atoms with Gasteiger partial charge in [-0.25, -0.2) is 0 Å². The molecule has 1 rings (SSSR count). The van der Waals surface area contributed by atoms with E-state index in [1.807, 2.05) is 0 Å². The zero-order valence-corrected chi connectivity index (χ0v) is 11.1. The van der Waals surface area contributed by atoms with Gasteiger partial charge in [-0.2, -0.15) is 11.8 Å². The molecule has 1 saturated heterocycles. The first-order valence-corrected chi connectivity index (χ1v) is 6.61. The SMILES string of the molecule is B[C@H]1C[C@@H](OC)[C@](COC)(C(C)SC)O1. The van der Waals surface area contributed by atoms with E-state index >= 15 is 0 Å². The van der Waals surface area contributed by atoms with Crippen molar-refractivity contribution < 1.29 is 14.2 Å². The second-order valence-corrected chi connectivity index (χ2v) is 5.33. The third-order valence-electron chi connectivity index (χ3n) is 3.21. The predicted octanol–water partition coefficient (Wildman–Crippen LogP) is 0.518. The molecule has 1 aliphatic rings. The Bertz CT molecular complexity index is 205. The molecule has 1 unspecified atom stereocenters. The number of thioether (sulfide) groups is 1. The Labute approximate surface area is 97.6 Å². The van der Waals surface area contributed by atoms with E-state index in [0.29, 0.717) is 11.9 Å². The normalized spacial score (nSPS) is 38.1. The summed E-state index contributed by atoms with van der Waals surface area (Å²) in [7, 11) is 5.56. The van der Waals surface area contributed by atoms with Gasteiger partial charge in [0.25, 0.3) is 0 Å². The lowest BCUT2D eigenvalue weighted by atomic mass is 9.90. The van der Waals surface area contributed by atoms with Crippen molar-refractivity contribution in [3.8, 4) is 0 Å². The second-order valence-electron chi connectivity index (χ2n) is 4.15. The molecule has 0 N–H and O–H groups in total. The van der Waals surface area contributed by atoms with Crippen molar-refractivity contribution in [1.82, 2.24) is 0 Å². The zero-order chi connectivity index (χ0) is 11.5. The van der Waals surface area contributed by atoms with Crippen LogP contribution < -0.4 is 0 Å². The van der Waals surface area contributed by atoms with Crippen molar-refractivity contribution in [2.45, 2.75) is 36.3 Å². The largest absolute Gasteiger partial charge is 0.382 e. The summed E-state index contributed by atoms with van der Waals surface area (Å²) in [5.41, 5.74) is -0.289. The van der Waals surface area contributed by atoms with Gasteiger partial charge in [-0.05, 0) is 12.7 Å². The van der Waals surface area contributed by atoms with Gasteiger partial charge < -0.3 is 14.2 Å². The van der Waals surface area contributed by atoms with Crippen molar-refractivity contribution in [2.75, 3.05) is 27.1 Å². The van der Waals surface area contributed by atoms with Crippen molar-refractivity contribution >= 4 is 19.6 Å². The molecule has 0 saturated carbocycles. The van der Waals surface area contributed by atoms with Gasteiger partial charge in [0.15, 0.2) is 0 Å². The highest BCUT2D eigenvalue weighted by molar-refractivity contribution is 7.99. The number of hydrogen-bond acceptors (Lipinski definition) is 4. The Morgan fingerprint density at radius 1 is 1.60 bits per heavy atom. The molecule has 4 atom stereocenters. The van der Waals surface area contributed by atoms with E-state index in [4.69, 9.17) is 14.2 Å². The van der Waals surface area contributed by atoms with Gasteiger partial charge >= 0.3 is 0 Å². The minimum Gasteiger partial charge on any atom is -0.382 e. The minimum atomic E-state index is -0.289. The fourth-order valence-electron chi connectivity index (χ4n) is 2.32. The van der Waals surface area contributed by atoms with E-state index < -0.39 is 0 Å². The summed E-state index contributed by atoms with van der Waals surface area (Å²) >= 11 is 1.80. The fraction of sp³-hybridized carbons (Fsp3) is 1.00. The summed E-state index contributed by atoms with van der Waals surface area (Å²) in [6.07, 6.45) is 3.18. The topological polar surface area (TPSA) is 27.7 Å². The summed E-state index contributed by atoms with van der Waals surface area (Å²) < 4.78 is 16.9. The predicted molar refractivity (Wildman–Crippen MR) is 66.4 cm³/mol.